The summed E-state index contributed by atoms with van der Waals surface area (Å²) in [5, 5.41) is 2.97. The molecule has 2 heterocycles. The van der Waals surface area contributed by atoms with Gasteiger partial charge in [0.15, 0.2) is 6.29 Å². The fourth-order valence-electron chi connectivity index (χ4n) is 2.88. The number of hydrogen-bond donors (Lipinski definition) is 1. The molecule has 0 spiro atoms. The quantitative estimate of drug-likeness (QED) is 0.873. The molecule has 1 aromatic heterocycles. The Bertz CT molecular complexity index is 669. The van der Waals surface area contributed by atoms with Crippen molar-refractivity contribution in [3.05, 3.63) is 29.6 Å². The summed E-state index contributed by atoms with van der Waals surface area (Å²) < 4.78 is 17.5. The van der Waals surface area contributed by atoms with Crippen LogP contribution < -0.4 is 5.32 Å². The van der Waals surface area contributed by atoms with Crippen LogP contribution in [0.2, 0.25) is 0 Å². The van der Waals surface area contributed by atoms with Gasteiger partial charge in [0.05, 0.1) is 22.4 Å². The number of alkyl carbamates (subject to hydrolysis) is 1. The summed E-state index contributed by atoms with van der Waals surface area (Å²) in [6, 6.07) is 3.89. The summed E-state index contributed by atoms with van der Waals surface area (Å²) in [6.07, 6.45) is 2.64. The van der Waals surface area contributed by atoms with Gasteiger partial charge >= 0.3 is 6.09 Å². The first-order chi connectivity index (χ1) is 11.8. The average molecular weight is 362 g/mol. The molecule has 0 radical (unpaired) electrons. The van der Waals surface area contributed by atoms with Crippen molar-refractivity contribution in [1.29, 1.82) is 0 Å². The number of carbonyl (C=O) groups excluding carboxylic acids is 1. The molecule has 6 nitrogen and oxygen atoms in total. The van der Waals surface area contributed by atoms with Crippen LogP contribution in [-0.4, -0.2) is 27.9 Å². The second-order valence-electron chi connectivity index (χ2n) is 9.27. The molecule has 0 atom stereocenters. The molecule has 2 fully saturated rings. The second kappa shape index (κ2) is 5.92. The van der Waals surface area contributed by atoms with E-state index in [1.807, 2.05) is 60.6 Å². The van der Waals surface area contributed by atoms with E-state index in [0.717, 1.165) is 24.1 Å². The van der Waals surface area contributed by atoms with Gasteiger partial charge < -0.3 is 19.5 Å². The fraction of sp³-hybridized carbons (Fsp3) is 0.700. The molecule has 26 heavy (non-hydrogen) atoms. The number of hydrogen-bond acceptors (Lipinski definition) is 5. The highest BCUT2D eigenvalue weighted by molar-refractivity contribution is 5.69. The summed E-state index contributed by atoms with van der Waals surface area (Å²) in [5.74, 6) is 0. The Hall–Kier alpha value is -1.66. The van der Waals surface area contributed by atoms with E-state index in [9.17, 15) is 4.79 Å². The molecule has 2 aliphatic rings. The third-order valence-corrected chi connectivity index (χ3v) is 5.29. The molecule has 1 aromatic rings. The topological polar surface area (TPSA) is 69.7 Å². The summed E-state index contributed by atoms with van der Waals surface area (Å²) in [6.45, 7) is 13.7. The van der Waals surface area contributed by atoms with Crippen LogP contribution in [0.4, 0.5) is 4.79 Å². The lowest BCUT2D eigenvalue weighted by atomic mass is 9.90. The molecule has 0 bridgehead atoms. The summed E-state index contributed by atoms with van der Waals surface area (Å²) in [7, 11) is 0. The van der Waals surface area contributed by atoms with Crippen LogP contribution >= 0.6 is 0 Å². The van der Waals surface area contributed by atoms with E-state index in [2.05, 4.69) is 10.3 Å². The lowest BCUT2D eigenvalue weighted by Gasteiger charge is -2.30. The molecule has 0 aromatic carbocycles. The van der Waals surface area contributed by atoms with Gasteiger partial charge in [-0.05, 0) is 67.4 Å². The Morgan fingerprint density at radius 2 is 1.73 bits per heavy atom. The summed E-state index contributed by atoms with van der Waals surface area (Å²) in [5.41, 5.74) is 0.00741. The smallest absolute Gasteiger partial charge is 0.408 e. The zero-order valence-electron chi connectivity index (χ0n) is 16.8. The minimum atomic E-state index is -0.520. The molecule has 1 amide bonds. The number of pyridine rings is 1. The monoisotopic (exact) mass is 362 g/mol. The maximum Gasteiger partial charge on any atom is 0.408 e. The largest absolute Gasteiger partial charge is 0.444 e. The van der Waals surface area contributed by atoms with Crippen molar-refractivity contribution in [1.82, 2.24) is 10.3 Å². The van der Waals surface area contributed by atoms with Crippen molar-refractivity contribution in [3.8, 4) is 0 Å². The fourth-order valence-corrected chi connectivity index (χ4v) is 2.88. The van der Waals surface area contributed by atoms with Gasteiger partial charge in [-0.1, -0.05) is 6.07 Å². The average Bonchev–Trinajstić information content (AvgIpc) is 3.20. The van der Waals surface area contributed by atoms with Gasteiger partial charge in [0.2, 0.25) is 0 Å². The number of amides is 1. The van der Waals surface area contributed by atoms with Gasteiger partial charge in [0, 0.05) is 11.8 Å². The van der Waals surface area contributed by atoms with Crippen LogP contribution in [-0.2, 0) is 19.7 Å². The molecule has 1 aliphatic heterocycles. The minimum Gasteiger partial charge on any atom is -0.444 e. The van der Waals surface area contributed by atoms with Gasteiger partial charge in [0.25, 0.3) is 0 Å². The molecule has 144 valence electrons. The molecule has 3 rings (SSSR count). The maximum atomic E-state index is 12.1. The van der Waals surface area contributed by atoms with Crippen LogP contribution in [0.5, 0.6) is 0 Å². The van der Waals surface area contributed by atoms with Crippen molar-refractivity contribution < 1.29 is 19.0 Å². The van der Waals surface area contributed by atoms with Gasteiger partial charge in [-0.25, -0.2) is 4.79 Å². The van der Waals surface area contributed by atoms with E-state index in [-0.39, 0.29) is 11.2 Å². The first-order valence-corrected chi connectivity index (χ1v) is 9.17. The van der Waals surface area contributed by atoms with E-state index in [4.69, 9.17) is 14.2 Å². The van der Waals surface area contributed by atoms with Crippen molar-refractivity contribution in [3.63, 3.8) is 0 Å². The lowest BCUT2D eigenvalue weighted by Crippen LogP contribution is -2.41. The Kier molecular flexibility index (Phi) is 4.36. The van der Waals surface area contributed by atoms with Crippen molar-refractivity contribution in [2.45, 2.75) is 89.9 Å². The molecular weight excluding hydrogens is 332 g/mol. The Balaban J connectivity index is 1.70. The minimum absolute atomic E-state index is 0.383. The van der Waals surface area contributed by atoms with Crippen LogP contribution in [0, 0.1) is 0 Å². The molecule has 1 aliphatic carbocycles. The molecule has 1 saturated heterocycles. The predicted octanol–water partition coefficient (Wildman–Crippen LogP) is 4.20. The highest BCUT2D eigenvalue weighted by atomic mass is 16.7. The number of carbonyl (C=O) groups is 1. The molecule has 1 saturated carbocycles. The Morgan fingerprint density at radius 3 is 2.15 bits per heavy atom. The second-order valence-corrected chi connectivity index (χ2v) is 9.27. The highest BCUT2D eigenvalue weighted by Crippen LogP contribution is 2.47. The van der Waals surface area contributed by atoms with Gasteiger partial charge in [-0.15, -0.1) is 0 Å². The van der Waals surface area contributed by atoms with Gasteiger partial charge in [-0.2, -0.15) is 0 Å². The molecular formula is C20H30N2O4. The number of ether oxygens (including phenoxy) is 3. The SMILES string of the molecule is CC(C)(C)OC(=O)NC1(c2ccc(C3OC(C)(C)C(C)(C)O3)cn2)CC1. The van der Waals surface area contributed by atoms with E-state index in [1.165, 1.54) is 0 Å². The molecule has 0 unspecified atom stereocenters. The first-order valence-electron chi connectivity index (χ1n) is 9.17. The van der Waals surface area contributed by atoms with Crippen molar-refractivity contribution in [2.24, 2.45) is 0 Å². The van der Waals surface area contributed by atoms with Crippen LogP contribution in [0.15, 0.2) is 18.3 Å². The first kappa shape index (κ1) is 19.1. The highest BCUT2D eigenvalue weighted by Gasteiger charge is 2.50. The van der Waals surface area contributed by atoms with E-state index < -0.39 is 23.5 Å². The maximum absolute atomic E-state index is 12.1. The molecule has 1 N–H and O–H groups in total. The Labute approximate surface area is 155 Å². The molecule has 6 heteroatoms. The van der Waals surface area contributed by atoms with Crippen molar-refractivity contribution >= 4 is 6.09 Å². The van der Waals surface area contributed by atoms with Crippen molar-refractivity contribution in [2.75, 3.05) is 0 Å². The third kappa shape index (κ3) is 3.71. The third-order valence-electron chi connectivity index (χ3n) is 5.29. The number of nitrogens with one attached hydrogen (secondary N) is 1. The zero-order chi connectivity index (χ0) is 19.4. The lowest BCUT2D eigenvalue weighted by molar-refractivity contribution is -0.0897. The summed E-state index contributed by atoms with van der Waals surface area (Å²) >= 11 is 0. The van der Waals surface area contributed by atoms with Gasteiger partial charge in [-0.3, -0.25) is 4.98 Å². The summed E-state index contributed by atoms with van der Waals surface area (Å²) in [4.78, 5) is 16.7. The van der Waals surface area contributed by atoms with Gasteiger partial charge in [0.1, 0.15) is 5.60 Å². The van der Waals surface area contributed by atoms with Crippen LogP contribution in [0.25, 0.3) is 0 Å². The zero-order valence-corrected chi connectivity index (χ0v) is 16.8. The van der Waals surface area contributed by atoms with E-state index in [1.54, 1.807) is 6.20 Å². The predicted molar refractivity (Wildman–Crippen MR) is 97.6 cm³/mol. The number of aromatic nitrogens is 1. The van der Waals surface area contributed by atoms with Crippen LogP contribution in [0.1, 0.15) is 78.9 Å². The van der Waals surface area contributed by atoms with E-state index in [0.29, 0.717) is 0 Å². The standard InChI is InChI=1S/C20H30N2O4/c1-17(2,3)26-16(23)22-20(10-11-20)14-9-8-13(12-21-14)15-24-18(4,5)19(6,7)25-15/h8-9,12,15H,10-11H2,1-7H3,(H,22,23). The normalized spacial score (nSPS) is 23.5. The van der Waals surface area contributed by atoms with Crippen LogP contribution in [0.3, 0.4) is 0 Å². The number of nitrogens with zero attached hydrogens (tertiary/aromatic N) is 1. The Morgan fingerprint density at radius 1 is 1.15 bits per heavy atom. The van der Waals surface area contributed by atoms with E-state index >= 15 is 0 Å². The number of rotatable bonds is 3.